The molecule has 8 heteroatoms. The highest BCUT2D eigenvalue weighted by Crippen LogP contribution is 2.38. The molecule has 0 atom stereocenters. The summed E-state index contributed by atoms with van der Waals surface area (Å²) in [5.41, 5.74) is 5.47. The number of hydrogen-bond acceptors (Lipinski definition) is 6. The summed E-state index contributed by atoms with van der Waals surface area (Å²) in [6, 6.07) is 8.37. The lowest BCUT2D eigenvalue weighted by Gasteiger charge is -2.08. The number of hydrogen-bond donors (Lipinski definition) is 1. The Balaban J connectivity index is 1.47. The molecule has 0 fully saturated rings. The van der Waals surface area contributed by atoms with Crippen molar-refractivity contribution in [1.82, 2.24) is 9.55 Å². The normalized spacial score (nSPS) is 12.7. The Labute approximate surface area is 192 Å². The molecule has 0 saturated heterocycles. The third-order valence-electron chi connectivity index (χ3n) is 5.83. The molecule has 1 N–H and O–H groups in total. The number of aromatic nitrogens is 2. The van der Waals surface area contributed by atoms with Crippen LogP contribution in [0, 0.1) is 25.2 Å². The van der Waals surface area contributed by atoms with Gasteiger partial charge in [-0.25, -0.2) is 4.98 Å². The molecule has 1 amide bonds. The van der Waals surface area contributed by atoms with Gasteiger partial charge in [0.1, 0.15) is 22.4 Å². The molecule has 0 aliphatic heterocycles. The molecule has 0 radical (unpaired) electrons. The Kier molecular flexibility index (Phi) is 5.16. The van der Waals surface area contributed by atoms with Crippen LogP contribution in [0.5, 0.6) is 0 Å². The lowest BCUT2D eigenvalue weighted by molar-refractivity contribution is -0.116. The number of anilines is 1. The van der Waals surface area contributed by atoms with Crippen LogP contribution in [0.25, 0.3) is 21.3 Å². The van der Waals surface area contributed by atoms with Crippen LogP contribution in [0.3, 0.4) is 0 Å². The Morgan fingerprint density at radius 2 is 2.12 bits per heavy atom. The first-order valence-electron chi connectivity index (χ1n) is 10.3. The second-order valence-electron chi connectivity index (χ2n) is 8.05. The van der Waals surface area contributed by atoms with E-state index in [-0.39, 0.29) is 18.0 Å². The molecule has 3 aromatic heterocycles. The Morgan fingerprint density at radius 3 is 2.91 bits per heavy atom. The second-order valence-corrected chi connectivity index (χ2v) is 10.0. The van der Waals surface area contributed by atoms with Crippen LogP contribution >= 0.6 is 22.7 Å². The fraction of sp³-hybridized carbons (Fsp3) is 0.250. The third kappa shape index (κ3) is 3.44. The van der Waals surface area contributed by atoms with Crippen LogP contribution in [0.2, 0.25) is 0 Å². The van der Waals surface area contributed by atoms with E-state index in [1.165, 1.54) is 38.4 Å². The monoisotopic (exact) mass is 460 g/mol. The average molecular weight is 461 g/mol. The van der Waals surface area contributed by atoms with Gasteiger partial charge >= 0.3 is 0 Å². The maximum Gasteiger partial charge on any atom is 0.263 e. The van der Waals surface area contributed by atoms with E-state index in [0.717, 1.165) is 47.1 Å². The van der Waals surface area contributed by atoms with E-state index in [1.807, 2.05) is 31.4 Å². The van der Waals surface area contributed by atoms with E-state index < -0.39 is 0 Å². The van der Waals surface area contributed by atoms with Gasteiger partial charge in [0.25, 0.3) is 5.56 Å². The maximum absolute atomic E-state index is 13.3. The summed E-state index contributed by atoms with van der Waals surface area (Å²) in [4.78, 5) is 32.3. The van der Waals surface area contributed by atoms with E-state index in [1.54, 1.807) is 0 Å². The maximum atomic E-state index is 13.3. The van der Waals surface area contributed by atoms with Gasteiger partial charge in [-0.05, 0) is 49.8 Å². The SMILES string of the molecule is Cc1ccc(-c2csc3ncn(CC(=O)Nc4sc5c(c4C#N)CCC5)c(=O)c23)c(C)c1. The summed E-state index contributed by atoms with van der Waals surface area (Å²) in [5, 5.41) is 15.4. The zero-order valence-corrected chi connectivity index (χ0v) is 19.3. The van der Waals surface area contributed by atoms with Crippen molar-refractivity contribution < 1.29 is 4.79 Å². The lowest BCUT2D eigenvalue weighted by Crippen LogP contribution is -2.27. The Morgan fingerprint density at radius 1 is 1.28 bits per heavy atom. The molecule has 4 aromatic rings. The molecule has 1 aromatic carbocycles. The van der Waals surface area contributed by atoms with Crippen molar-refractivity contribution in [3.8, 4) is 17.2 Å². The molecule has 6 nitrogen and oxygen atoms in total. The van der Waals surface area contributed by atoms with Gasteiger partial charge in [0.05, 0.1) is 17.3 Å². The zero-order valence-electron chi connectivity index (χ0n) is 17.7. The molecule has 0 saturated carbocycles. The molecule has 0 bridgehead atoms. The molecular weight excluding hydrogens is 440 g/mol. The summed E-state index contributed by atoms with van der Waals surface area (Å²) in [6.07, 6.45) is 4.30. The second kappa shape index (κ2) is 8.01. The standard InChI is InChI=1S/C24H20N4O2S2/c1-13-6-7-15(14(2)8-13)18-11-31-23-21(18)24(30)28(12-26-23)10-20(29)27-22-17(9-25)16-4-3-5-19(16)32-22/h6-8,11-12H,3-5,10H2,1-2H3,(H,27,29). The molecule has 3 heterocycles. The van der Waals surface area contributed by atoms with Gasteiger partial charge in [-0.15, -0.1) is 22.7 Å². The number of amides is 1. The highest BCUT2D eigenvalue weighted by Gasteiger charge is 2.23. The van der Waals surface area contributed by atoms with E-state index in [4.69, 9.17) is 0 Å². The van der Waals surface area contributed by atoms with Crippen molar-refractivity contribution >= 4 is 43.8 Å². The van der Waals surface area contributed by atoms with E-state index >= 15 is 0 Å². The van der Waals surface area contributed by atoms with Gasteiger partial charge < -0.3 is 5.32 Å². The molecule has 5 rings (SSSR count). The highest BCUT2D eigenvalue weighted by molar-refractivity contribution is 7.17. The predicted molar refractivity (Wildman–Crippen MR) is 128 cm³/mol. The largest absolute Gasteiger partial charge is 0.315 e. The molecular formula is C24H20N4O2S2. The number of nitrogens with zero attached hydrogens (tertiary/aromatic N) is 3. The van der Waals surface area contributed by atoms with E-state index in [2.05, 4.69) is 22.4 Å². The van der Waals surface area contributed by atoms with Crippen molar-refractivity contribution in [3.05, 3.63) is 67.4 Å². The number of nitrogens with one attached hydrogen (secondary N) is 1. The minimum Gasteiger partial charge on any atom is -0.315 e. The van der Waals surface area contributed by atoms with E-state index in [9.17, 15) is 14.9 Å². The first-order chi connectivity index (χ1) is 15.5. The van der Waals surface area contributed by atoms with Gasteiger partial charge in [0.15, 0.2) is 0 Å². The van der Waals surface area contributed by atoms with Gasteiger partial charge in [0, 0.05) is 15.8 Å². The number of aryl methyl sites for hydroxylation is 3. The minimum absolute atomic E-state index is 0.155. The van der Waals surface area contributed by atoms with Gasteiger partial charge in [0.2, 0.25) is 5.91 Å². The van der Waals surface area contributed by atoms with Crippen molar-refractivity contribution in [3.63, 3.8) is 0 Å². The van der Waals surface area contributed by atoms with Crippen LogP contribution in [0.1, 0.15) is 33.6 Å². The Bertz CT molecular complexity index is 1490. The van der Waals surface area contributed by atoms with Crippen molar-refractivity contribution in [2.75, 3.05) is 5.32 Å². The summed E-state index contributed by atoms with van der Waals surface area (Å²) in [5.74, 6) is -0.340. The highest BCUT2D eigenvalue weighted by atomic mass is 32.1. The minimum atomic E-state index is -0.340. The van der Waals surface area contributed by atoms with Crippen LogP contribution in [-0.2, 0) is 24.2 Å². The molecule has 1 aliphatic carbocycles. The van der Waals surface area contributed by atoms with Crippen LogP contribution < -0.4 is 10.9 Å². The first kappa shape index (κ1) is 20.6. The van der Waals surface area contributed by atoms with Crippen molar-refractivity contribution in [2.45, 2.75) is 39.7 Å². The summed E-state index contributed by atoms with van der Waals surface area (Å²) >= 11 is 2.89. The third-order valence-corrected chi connectivity index (χ3v) is 7.93. The Hall–Kier alpha value is -3.28. The molecule has 160 valence electrons. The lowest BCUT2D eigenvalue weighted by atomic mass is 9.99. The average Bonchev–Trinajstić information content (AvgIpc) is 3.45. The number of benzene rings is 1. The fourth-order valence-electron chi connectivity index (χ4n) is 4.33. The van der Waals surface area contributed by atoms with E-state index in [0.29, 0.717) is 20.8 Å². The molecule has 1 aliphatic rings. The van der Waals surface area contributed by atoms with Crippen LogP contribution in [0.4, 0.5) is 5.00 Å². The van der Waals surface area contributed by atoms with Crippen LogP contribution in [-0.4, -0.2) is 15.5 Å². The number of rotatable bonds is 4. The summed E-state index contributed by atoms with van der Waals surface area (Å²) in [7, 11) is 0. The van der Waals surface area contributed by atoms with Crippen molar-refractivity contribution in [1.29, 1.82) is 5.26 Å². The van der Waals surface area contributed by atoms with Gasteiger partial charge in [-0.2, -0.15) is 5.26 Å². The number of fused-ring (bicyclic) bond motifs is 2. The molecule has 32 heavy (non-hydrogen) atoms. The number of carbonyl (C=O) groups is 1. The first-order valence-corrected chi connectivity index (χ1v) is 12.0. The van der Waals surface area contributed by atoms with Gasteiger partial charge in [-0.3, -0.25) is 14.2 Å². The summed E-state index contributed by atoms with van der Waals surface area (Å²) < 4.78 is 1.34. The molecule has 0 spiro atoms. The van der Waals surface area contributed by atoms with Crippen LogP contribution in [0.15, 0.2) is 34.7 Å². The number of nitriles is 1. The van der Waals surface area contributed by atoms with Gasteiger partial charge in [-0.1, -0.05) is 23.8 Å². The fourth-order valence-corrected chi connectivity index (χ4v) is 6.48. The smallest absolute Gasteiger partial charge is 0.263 e. The predicted octanol–water partition coefficient (Wildman–Crippen LogP) is 4.80. The number of carbonyl (C=O) groups excluding carboxylic acids is 1. The number of thiophene rings is 2. The van der Waals surface area contributed by atoms with Crippen molar-refractivity contribution in [2.24, 2.45) is 0 Å². The summed E-state index contributed by atoms with van der Waals surface area (Å²) in [6.45, 7) is 3.91. The topological polar surface area (TPSA) is 87.8 Å². The quantitative estimate of drug-likeness (QED) is 0.474. The zero-order chi connectivity index (χ0) is 22.4. The molecule has 0 unspecified atom stereocenters.